The van der Waals surface area contributed by atoms with Gasteiger partial charge in [0.25, 0.3) is 10.1 Å². The minimum Gasteiger partial charge on any atom is -0.305 e. The van der Waals surface area contributed by atoms with Gasteiger partial charge in [-0.3, -0.25) is 4.55 Å². The first-order valence-corrected chi connectivity index (χ1v) is 8.07. The lowest BCUT2D eigenvalue weighted by molar-refractivity contribution is 0.221. The van der Waals surface area contributed by atoms with Crippen LogP contribution in [-0.4, -0.2) is 45.9 Å². The van der Waals surface area contributed by atoms with Gasteiger partial charge >= 0.3 is 0 Å². The maximum absolute atomic E-state index is 10.7. The van der Waals surface area contributed by atoms with E-state index in [-0.39, 0.29) is 11.3 Å². The van der Waals surface area contributed by atoms with Gasteiger partial charge in [-0.2, -0.15) is 13.6 Å². The Morgan fingerprint density at radius 3 is 2.63 bits per heavy atom. The molecule has 0 aliphatic heterocycles. The maximum atomic E-state index is 10.7. The summed E-state index contributed by atoms with van der Waals surface area (Å²) in [7, 11) is -3.89. The number of nitrogens with one attached hydrogen (secondary N) is 2. The van der Waals surface area contributed by atoms with Gasteiger partial charge in [-0.15, -0.1) is 10.2 Å². The predicted molar refractivity (Wildman–Crippen MR) is 68.0 cm³/mol. The van der Waals surface area contributed by atoms with Crippen molar-refractivity contribution in [1.29, 1.82) is 0 Å². The number of rotatable bonds is 6. The fourth-order valence-corrected chi connectivity index (χ4v) is 3.09. The number of hydrogen-bond donors (Lipinski definition) is 3. The van der Waals surface area contributed by atoms with Crippen molar-refractivity contribution in [2.45, 2.75) is 44.1 Å². The minimum absolute atomic E-state index is 0.234. The van der Waals surface area contributed by atoms with Gasteiger partial charge in [0.15, 0.2) is 5.82 Å². The van der Waals surface area contributed by atoms with Crippen LogP contribution < -0.4 is 5.32 Å². The van der Waals surface area contributed by atoms with E-state index < -0.39 is 10.1 Å². The first kappa shape index (κ1) is 14.4. The molecule has 0 saturated heterocycles. The number of tetrazole rings is 1. The third-order valence-corrected chi connectivity index (χ3v) is 4.33. The van der Waals surface area contributed by atoms with E-state index in [2.05, 4.69) is 25.9 Å². The summed E-state index contributed by atoms with van der Waals surface area (Å²) < 4.78 is 30.1. The summed E-state index contributed by atoms with van der Waals surface area (Å²) in [5.74, 6) is 0.404. The van der Waals surface area contributed by atoms with Gasteiger partial charge in [-0.05, 0) is 25.8 Å². The normalized spacial score (nSPS) is 19.4. The molecule has 0 radical (unpaired) electrons. The van der Waals surface area contributed by atoms with Crippen LogP contribution in [0.3, 0.4) is 0 Å². The number of hydrogen-bond acceptors (Lipinski definition) is 6. The van der Waals surface area contributed by atoms with E-state index in [0.717, 1.165) is 25.7 Å². The first-order valence-electron chi connectivity index (χ1n) is 6.46. The van der Waals surface area contributed by atoms with Crippen molar-refractivity contribution in [2.75, 3.05) is 12.3 Å². The second-order valence-corrected chi connectivity index (χ2v) is 6.52. The SMILES string of the molecule is O=S(=O)(O)CCCNC1(c2nn[nH]n2)CCCCC1. The second kappa shape index (κ2) is 5.93. The zero-order chi connectivity index (χ0) is 13.8. The molecule has 9 heteroatoms. The lowest BCUT2D eigenvalue weighted by Crippen LogP contribution is -2.45. The van der Waals surface area contributed by atoms with Crippen molar-refractivity contribution in [3.8, 4) is 0 Å². The summed E-state index contributed by atoms with van der Waals surface area (Å²) in [5, 5.41) is 17.5. The van der Waals surface area contributed by atoms with Crippen LogP contribution in [-0.2, 0) is 15.7 Å². The summed E-state index contributed by atoms with van der Waals surface area (Å²) in [4.78, 5) is 0. The van der Waals surface area contributed by atoms with Crippen molar-refractivity contribution in [3.05, 3.63) is 5.82 Å². The highest BCUT2D eigenvalue weighted by molar-refractivity contribution is 7.85. The molecule has 2 rings (SSSR count). The van der Waals surface area contributed by atoms with Crippen LogP contribution in [0.4, 0.5) is 0 Å². The Labute approximate surface area is 112 Å². The quantitative estimate of drug-likeness (QED) is 0.506. The Morgan fingerprint density at radius 1 is 1.32 bits per heavy atom. The number of H-pyrrole nitrogens is 1. The summed E-state index contributed by atoms with van der Waals surface area (Å²) in [6, 6.07) is 0. The molecule has 1 aliphatic rings. The topological polar surface area (TPSA) is 121 Å². The Bertz CT molecular complexity index is 481. The van der Waals surface area contributed by atoms with Crippen LogP contribution in [0.15, 0.2) is 0 Å². The van der Waals surface area contributed by atoms with E-state index in [1.165, 1.54) is 6.42 Å². The molecule has 1 heterocycles. The van der Waals surface area contributed by atoms with Crippen molar-refractivity contribution in [2.24, 2.45) is 0 Å². The van der Waals surface area contributed by atoms with Gasteiger partial charge in [0, 0.05) is 0 Å². The van der Waals surface area contributed by atoms with Crippen LogP contribution in [0.25, 0.3) is 0 Å². The molecule has 8 nitrogen and oxygen atoms in total. The van der Waals surface area contributed by atoms with E-state index in [9.17, 15) is 8.42 Å². The highest BCUT2D eigenvalue weighted by Crippen LogP contribution is 2.34. The molecule has 108 valence electrons. The molecular formula is C10H19N5O3S. The van der Waals surface area contributed by atoms with Crippen LogP contribution in [0.2, 0.25) is 0 Å². The molecule has 3 N–H and O–H groups in total. The average Bonchev–Trinajstić information content (AvgIpc) is 2.89. The van der Waals surface area contributed by atoms with Gasteiger partial charge in [-0.1, -0.05) is 24.5 Å². The van der Waals surface area contributed by atoms with Gasteiger partial charge in [0.05, 0.1) is 11.3 Å². The Balaban J connectivity index is 1.95. The predicted octanol–water partition coefficient (Wildman–Crippen LogP) is 0.227. The third kappa shape index (κ3) is 3.95. The molecule has 0 aromatic carbocycles. The first-order chi connectivity index (χ1) is 9.02. The number of aromatic amines is 1. The molecular weight excluding hydrogens is 270 g/mol. The zero-order valence-corrected chi connectivity index (χ0v) is 11.5. The number of aromatic nitrogens is 4. The van der Waals surface area contributed by atoms with E-state index in [4.69, 9.17) is 4.55 Å². The lowest BCUT2D eigenvalue weighted by atomic mass is 9.81. The second-order valence-electron chi connectivity index (χ2n) is 4.94. The number of nitrogens with zero attached hydrogens (tertiary/aromatic N) is 3. The highest BCUT2D eigenvalue weighted by atomic mass is 32.2. The molecule has 1 aromatic heterocycles. The largest absolute Gasteiger partial charge is 0.305 e. The van der Waals surface area contributed by atoms with Gasteiger partial charge in [0.2, 0.25) is 0 Å². The molecule has 0 unspecified atom stereocenters. The molecule has 1 saturated carbocycles. The Kier molecular flexibility index (Phi) is 4.48. The van der Waals surface area contributed by atoms with E-state index in [1.54, 1.807) is 0 Å². The van der Waals surface area contributed by atoms with Crippen LogP contribution >= 0.6 is 0 Å². The van der Waals surface area contributed by atoms with Gasteiger partial charge < -0.3 is 5.32 Å². The van der Waals surface area contributed by atoms with E-state index in [1.807, 2.05) is 0 Å². The molecule has 19 heavy (non-hydrogen) atoms. The van der Waals surface area contributed by atoms with Crippen molar-refractivity contribution in [1.82, 2.24) is 25.9 Å². The smallest absolute Gasteiger partial charge is 0.264 e. The van der Waals surface area contributed by atoms with Crippen LogP contribution in [0.1, 0.15) is 44.3 Å². The van der Waals surface area contributed by atoms with Crippen LogP contribution in [0.5, 0.6) is 0 Å². The van der Waals surface area contributed by atoms with Gasteiger partial charge in [0.1, 0.15) is 0 Å². The molecule has 0 spiro atoms. The van der Waals surface area contributed by atoms with Gasteiger partial charge in [-0.25, -0.2) is 0 Å². The third-order valence-electron chi connectivity index (χ3n) is 3.52. The van der Waals surface area contributed by atoms with E-state index >= 15 is 0 Å². The minimum atomic E-state index is -3.89. The summed E-state index contributed by atoms with van der Waals surface area (Å²) in [5.41, 5.74) is -0.315. The summed E-state index contributed by atoms with van der Waals surface area (Å²) in [6.45, 7) is 0.494. The molecule has 1 fully saturated rings. The highest BCUT2D eigenvalue weighted by Gasteiger charge is 2.37. The van der Waals surface area contributed by atoms with Crippen LogP contribution in [0, 0.1) is 0 Å². The summed E-state index contributed by atoms with van der Waals surface area (Å²) >= 11 is 0. The molecule has 1 aliphatic carbocycles. The van der Waals surface area contributed by atoms with Crippen molar-refractivity contribution >= 4 is 10.1 Å². The van der Waals surface area contributed by atoms with Crippen molar-refractivity contribution in [3.63, 3.8) is 0 Å². The standard InChI is InChI=1S/C10H19N5O3S/c16-19(17,18)8-4-7-11-10(5-2-1-3-6-10)9-12-14-15-13-9/h11H,1-8H2,(H,16,17,18)(H,12,13,14,15). The fraction of sp³-hybridized carbons (Fsp3) is 0.900. The monoisotopic (exact) mass is 289 g/mol. The average molecular weight is 289 g/mol. The molecule has 1 aromatic rings. The zero-order valence-electron chi connectivity index (χ0n) is 10.7. The van der Waals surface area contributed by atoms with E-state index in [0.29, 0.717) is 18.8 Å². The maximum Gasteiger partial charge on any atom is 0.264 e. The molecule has 0 bridgehead atoms. The fourth-order valence-electron chi connectivity index (χ4n) is 2.58. The lowest BCUT2D eigenvalue weighted by Gasteiger charge is -2.35. The Morgan fingerprint density at radius 2 is 2.05 bits per heavy atom. The molecule has 0 atom stereocenters. The summed E-state index contributed by atoms with van der Waals surface area (Å²) in [6.07, 6.45) is 5.54. The van der Waals surface area contributed by atoms with Crippen molar-refractivity contribution < 1.29 is 13.0 Å². The molecule has 0 amide bonds. The Hall–Kier alpha value is -1.06.